The first-order valence-electron chi connectivity index (χ1n) is 2.56. The number of imidazole rings is 1. The van der Waals surface area contributed by atoms with Gasteiger partial charge in [0, 0.05) is 0 Å². The van der Waals surface area contributed by atoms with Gasteiger partial charge in [0.2, 0.25) is 5.65 Å². The van der Waals surface area contributed by atoms with Crippen molar-refractivity contribution in [1.82, 2.24) is 25.4 Å². The van der Waals surface area contributed by atoms with Crippen LogP contribution in [0.5, 0.6) is 0 Å². The summed E-state index contributed by atoms with van der Waals surface area (Å²) < 4.78 is 0.634. The van der Waals surface area contributed by atoms with E-state index in [9.17, 15) is 0 Å². The van der Waals surface area contributed by atoms with E-state index in [1.54, 1.807) is 6.33 Å². The van der Waals surface area contributed by atoms with Crippen molar-refractivity contribution in [3.8, 4) is 0 Å². The maximum atomic E-state index is 3.88. The van der Waals surface area contributed by atoms with Crippen LogP contribution in [0.15, 0.2) is 10.9 Å². The van der Waals surface area contributed by atoms with E-state index < -0.39 is 0 Å². The van der Waals surface area contributed by atoms with Gasteiger partial charge in [-0.15, -0.1) is 10.2 Å². The van der Waals surface area contributed by atoms with Crippen molar-refractivity contribution < 1.29 is 0 Å². The Morgan fingerprint density at radius 2 is 2.30 bits per heavy atom. The monoisotopic (exact) mass is 199 g/mol. The fourth-order valence-electron chi connectivity index (χ4n) is 0.669. The largest absolute Gasteiger partial charge is 0.341 e. The van der Waals surface area contributed by atoms with E-state index in [0.717, 1.165) is 5.52 Å². The summed E-state index contributed by atoms with van der Waals surface area (Å²) in [6.45, 7) is 0. The van der Waals surface area contributed by atoms with Gasteiger partial charge in [0.1, 0.15) is 5.52 Å². The summed E-state index contributed by atoms with van der Waals surface area (Å²) in [6.07, 6.45) is 1.55. The van der Waals surface area contributed by atoms with Crippen molar-refractivity contribution in [2.75, 3.05) is 0 Å². The van der Waals surface area contributed by atoms with E-state index in [1.807, 2.05) is 0 Å². The van der Waals surface area contributed by atoms with Gasteiger partial charge in [-0.3, -0.25) is 0 Å². The summed E-state index contributed by atoms with van der Waals surface area (Å²) in [5.41, 5.74) is 1.34. The van der Waals surface area contributed by atoms with Crippen LogP contribution >= 0.6 is 15.9 Å². The number of nitrogens with one attached hydrogen (secondary N) is 1. The van der Waals surface area contributed by atoms with Crippen molar-refractivity contribution in [2.45, 2.75) is 0 Å². The van der Waals surface area contributed by atoms with Gasteiger partial charge < -0.3 is 4.98 Å². The highest BCUT2D eigenvalue weighted by Crippen LogP contribution is 2.13. The smallest absolute Gasteiger partial charge is 0.204 e. The minimum Gasteiger partial charge on any atom is -0.341 e. The SMILES string of the molecule is Brc1nnnc2nc[nH]c12. The number of hydrogen-bond donors (Lipinski definition) is 1. The molecule has 0 radical (unpaired) electrons. The molecule has 0 saturated heterocycles. The average Bonchev–Trinajstić information content (AvgIpc) is 2.36. The van der Waals surface area contributed by atoms with Crippen molar-refractivity contribution in [3.05, 3.63) is 10.9 Å². The highest BCUT2D eigenvalue weighted by Gasteiger charge is 2.01. The summed E-state index contributed by atoms with van der Waals surface area (Å²) in [6, 6.07) is 0. The topological polar surface area (TPSA) is 67.3 Å². The van der Waals surface area contributed by atoms with Gasteiger partial charge in [-0.05, 0) is 21.1 Å². The lowest BCUT2D eigenvalue weighted by atomic mass is 10.6. The molecular weight excluding hydrogens is 198 g/mol. The number of rotatable bonds is 0. The molecule has 2 rings (SSSR count). The zero-order chi connectivity index (χ0) is 6.97. The number of aromatic amines is 1. The Morgan fingerprint density at radius 3 is 3.10 bits per heavy atom. The molecule has 0 aliphatic heterocycles. The number of hydrogen-bond acceptors (Lipinski definition) is 4. The first-order chi connectivity index (χ1) is 4.88. The van der Waals surface area contributed by atoms with E-state index in [4.69, 9.17) is 0 Å². The van der Waals surface area contributed by atoms with Gasteiger partial charge in [0.25, 0.3) is 0 Å². The second-order valence-electron chi connectivity index (χ2n) is 1.68. The summed E-state index contributed by atoms with van der Waals surface area (Å²) in [5.74, 6) is 0. The molecule has 0 aliphatic carbocycles. The zero-order valence-electron chi connectivity index (χ0n) is 4.74. The first kappa shape index (κ1) is 5.72. The standard InChI is InChI=1S/C4H2BrN5/c5-3-2-4(7-1-6-2)9-10-8-3/h1H,(H,6,7,8,9). The number of fused-ring (bicyclic) bond motifs is 1. The zero-order valence-corrected chi connectivity index (χ0v) is 6.33. The van der Waals surface area contributed by atoms with E-state index in [-0.39, 0.29) is 0 Å². The molecule has 0 aromatic carbocycles. The van der Waals surface area contributed by atoms with Crippen LogP contribution in [0, 0.1) is 0 Å². The molecule has 0 aliphatic rings. The fourth-order valence-corrected chi connectivity index (χ4v) is 1.03. The normalized spacial score (nSPS) is 10.5. The highest BCUT2D eigenvalue weighted by atomic mass is 79.9. The maximum Gasteiger partial charge on any atom is 0.204 e. The molecule has 2 aromatic heterocycles. The van der Waals surface area contributed by atoms with E-state index in [2.05, 4.69) is 41.3 Å². The minimum absolute atomic E-state index is 0.571. The molecule has 0 bridgehead atoms. The third-order valence-corrected chi connectivity index (χ3v) is 1.65. The van der Waals surface area contributed by atoms with Crippen molar-refractivity contribution >= 4 is 27.1 Å². The molecular formula is C4H2BrN5. The first-order valence-corrected chi connectivity index (χ1v) is 3.35. The molecule has 50 valence electrons. The van der Waals surface area contributed by atoms with Gasteiger partial charge in [-0.1, -0.05) is 0 Å². The quantitative estimate of drug-likeness (QED) is 0.672. The van der Waals surface area contributed by atoms with Gasteiger partial charge >= 0.3 is 0 Å². The van der Waals surface area contributed by atoms with Crippen LogP contribution in [0.25, 0.3) is 11.2 Å². The lowest BCUT2D eigenvalue weighted by Crippen LogP contribution is -1.88. The van der Waals surface area contributed by atoms with E-state index >= 15 is 0 Å². The molecule has 2 aromatic rings. The molecule has 0 unspecified atom stereocenters. The summed E-state index contributed by atoms with van der Waals surface area (Å²) in [5, 5.41) is 10.8. The van der Waals surface area contributed by atoms with Gasteiger partial charge in [0.15, 0.2) is 4.60 Å². The Hall–Kier alpha value is -1.04. The molecule has 5 nitrogen and oxygen atoms in total. The number of nitrogens with zero attached hydrogens (tertiary/aromatic N) is 4. The molecule has 0 fully saturated rings. The summed E-state index contributed by atoms with van der Waals surface area (Å²) in [4.78, 5) is 6.75. The van der Waals surface area contributed by atoms with Crippen LogP contribution in [0.3, 0.4) is 0 Å². The van der Waals surface area contributed by atoms with Crippen molar-refractivity contribution in [1.29, 1.82) is 0 Å². The summed E-state index contributed by atoms with van der Waals surface area (Å²) >= 11 is 3.19. The molecule has 0 amide bonds. The number of aromatic nitrogens is 5. The predicted molar refractivity (Wildman–Crippen MR) is 37.2 cm³/mol. The van der Waals surface area contributed by atoms with Crippen LogP contribution in [0.1, 0.15) is 0 Å². The molecule has 10 heavy (non-hydrogen) atoms. The second kappa shape index (κ2) is 1.98. The van der Waals surface area contributed by atoms with Crippen molar-refractivity contribution in [3.63, 3.8) is 0 Å². The second-order valence-corrected chi connectivity index (χ2v) is 2.43. The number of H-pyrrole nitrogens is 1. The van der Waals surface area contributed by atoms with Crippen molar-refractivity contribution in [2.24, 2.45) is 0 Å². The molecule has 1 N–H and O–H groups in total. The molecule has 6 heteroatoms. The van der Waals surface area contributed by atoms with Crippen LogP contribution in [-0.2, 0) is 0 Å². The predicted octanol–water partition coefficient (Wildman–Crippen LogP) is 0.510. The Labute approximate surface area is 64.0 Å². The highest BCUT2D eigenvalue weighted by molar-refractivity contribution is 9.10. The Kier molecular flexibility index (Phi) is 1.13. The Morgan fingerprint density at radius 1 is 1.40 bits per heavy atom. The minimum atomic E-state index is 0.571. The van der Waals surface area contributed by atoms with Gasteiger partial charge in [0.05, 0.1) is 6.33 Å². The lowest BCUT2D eigenvalue weighted by Gasteiger charge is -1.85. The summed E-state index contributed by atoms with van der Waals surface area (Å²) in [7, 11) is 0. The fraction of sp³-hybridized carbons (Fsp3) is 0. The Balaban J connectivity index is 2.95. The van der Waals surface area contributed by atoms with Crippen LogP contribution < -0.4 is 0 Å². The van der Waals surface area contributed by atoms with Gasteiger partial charge in [-0.2, -0.15) is 0 Å². The molecule has 0 spiro atoms. The van der Waals surface area contributed by atoms with E-state index in [1.165, 1.54) is 0 Å². The van der Waals surface area contributed by atoms with Crippen LogP contribution in [0.4, 0.5) is 0 Å². The molecule has 2 heterocycles. The molecule has 0 atom stereocenters. The van der Waals surface area contributed by atoms with Crippen LogP contribution in [0.2, 0.25) is 0 Å². The average molecular weight is 200 g/mol. The lowest BCUT2D eigenvalue weighted by molar-refractivity contribution is 0.874. The van der Waals surface area contributed by atoms with Gasteiger partial charge in [-0.25, -0.2) is 4.98 Å². The number of halogens is 1. The third kappa shape index (κ3) is 0.688. The van der Waals surface area contributed by atoms with E-state index in [0.29, 0.717) is 10.3 Å². The third-order valence-electron chi connectivity index (χ3n) is 1.10. The maximum absolute atomic E-state index is 3.88. The molecule has 0 saturated carbocycles. The van der Waals surface area contributed by atoms with Crippen LogP contribution in [-0.4, -0.2) is 25.4 Å². The Bertz CT molecular complexity index is 355.